The van der Waals surface area contributed by atoms with Gasteiger partial charge >= 0.3 is 0 Å². The lowest BCUT2D eigenvalue weighted by atomic mass is 10.1. The monoisotopic (exact) mass is 278 g/mol. The molecule has 0 saturated heterocycles. The van der Waals surface area contributed by atoms with Crippen molar-refractivity contribution in [1.29, 1.82) is 0 Å². The predicted octanol–water partition coefficient (Wildman–Crippen LogP) is 2.44. The third-order valence-corrected chi connectivity index (χ3v) is 4.31. The fourth-order valence-electron chi connectivity index (χ4n) is 2.09. The molecule has 1 N–H and O–H groups in total. The number of rotatable bonds is 6. The maximum atomic E-state index is 4.22. The highest BCUT2D eigenvalue weighted by atomic mass is 32.1. The van der Waals surface area contributed by atoms with Gasteiger partial charge in [0.15, 0.2) is 0 Å². The minimum absolute atomic E-state index is 0.316. The molecule has 19 heavy (non-hydrogen) atoms. The van der Waals surface area contributed by atoms with Crippen LogP contribution in [-0.4, -0.2) is 35.3 Å². The molecule has 0 aliphatic heterocycles. The van der Waals surface area contributed by atoms with Crippen molar-refractivity contribution in [3.05, 3.63) is 40.3 Å². The van der Waals surface area contributed by atoms with Crippen LogP contribution in [0.25, 0.3) is 0 Å². The molecule has 0 aliphatic rings. The Morgan fingerprint density at radius 2 is 2.26 bits per heavy atom. The zero-order chi connectivity index (χ0) is 13.8. The van der Waals surface area contributed by atoms with Crippen molar-refractivity contribution in [3.8, 4) is 0 Å². The van der Waals surface area contributed by atoms with Crippen LogP contribution in [0.3, 0.4) is 0 Å². The van der Waals surface area contributed by atoms with Gasteiger partial charge in [-0.15, -0.1) is 11.3 Å². The van der Waals surface area contributed by atoms with Crippen LogP contribution >= 0.6 is 11.3 Å². The SMILES string of the molecule is CC(NCC(c1cccs1)N(C)C)c1cnn(C)c1. The lowest BCUT2D eigenvalue weighted by Crippen LogP contribution is -2.31. The van der Waals surface area contributed by atoms with Gasteiger partial charge in [-0.3, -0.25) is 4.68 Å². The molecule has 0 aromatic carbocycles. The van der Waals surface area contributed by atoms with Crippen molar-refractivity contribution in [3.63, 3.8) is 0 Å². The summed E-state index contributed by atoms with van der Waals surface area (Å²) in [4.78, 5) is 3.66. The zero-order valence-electron chi connectivity index (χ0n) is 12.0. The van der Waals surface area contributed by atoms with Gasteiger partial charge in [0, 0.05) is 36.3 Å². The standard InChI is InChI=1S/C14H22N4S/c1-11(12-8-16-18(4)10-12)15-9-13(17(2)3)14-6-5-7-19-14/h5-8,10-11,13,15H,9H2,1-4H3. The van der Waals surface area contributed by atoms with Crippen molar-refractivity contribution in [2.45, 2.75) is 19.0 Å². The molecule has 0 radical (unpaired) electrons. The molecule has 2 aromatic rings. The smallest absolute Gasteiger partial charge is 0.0561 e. The van der Waals surface area contributed by atoms with E-state index in [4.69, 9.17) is 0 Å². The summed E-state index contributed by atoms with van der Waals surface area (Å²) in [5, 5.41) is 9.95. The quantitative estimate of drug-likeness (QED) is 0.881. The van der Waals surface area contributed by atoms with E-state index in [9.17, 15) is 0 Å². The second-order valence-corrected chi connectivity index (χ2v) is 6.05. The van der Waals surface area contributed by atoms with Crippen LogP contribution in [0.2, 0.25) is 0 Å². The van der Waals surface area contributed by atoms with Crippen LogP contribution in [0.15, 0.2) is 29.9 Å². The van der Waals surface area contributed by atoms with Crippen LogP contribution in [-0.2, 0) is 7.05 Å². The summed E-state index contributed by atoms with van der Waals surface area (Å²) in [6.07, 6.45) is 3.99. The maximum Gasteiger partial charge on any atom is 0.0561 e. The molecule has 5 heteroatoms. The van der Waals surface area contributed by atoms with E-state index in [1.165, 1.54) is 10.4 Å². The zero-order valence-corrected chi connectivity index (χ0v) is 12.8. The second-order valence-electron chi connectivity index (χ2n) is 5.07. The molecular formula is C14H22N4S. The largest absolute Gasteiger partial charge is 0.308 e. The van der Waals surface area contributed by atoms with Crippen LogP contribution < -0.4 is 5.32 Å². The molecule has 0 fully saturated rings. The molecule has 0 saturated carbocycles. The molecule has 2 atom stereocenters. The van der Waals surface area contributed by atoms with E-state index in [-0.39, 0.29) is 0 Å². The number of aryl methyl sites for hydroxylation is 1. The van der Waals surface area contributed by atoms with E-state index in [0.29, 0.717) is 12.1 Å². The Bertz CT molecular complexity index is 489. The Morgan fingerprint density at radius 1 is 1.47 bits per heavy atom. The molecule has 0 aliphatic carbocycles. The van der Waals surface area contributed by atoms with Crippen molar-refractivity contribution >= 4 is 11.3 Å². The summed E-state index contributed by atoms with van der Waals surface area (Å²) in [5.74, 6) is 0. The first-order chi connectivity index (χ1) is 9.08. The first kappa shape index (κ1) is 14.2. The predicted molar refractivity (Wildman–Crippen MR) is 80.4 cm³/mol. The Morgan fingerprint density at radius 3 is 2.79 bits per heavy atom. The average molecular weight is 278 g/mol. The van der Waals surface area contributed by atoms with E-state index in [1.54, 1.807) is 0 Å². The van der Waals surface area contributed by atoms with Gasteiger partial charge < -0.3 is 10.2 Å². The van der Waals surface area contributed by atoms with Gasteiger partial charge in [-0.05, 0) is 32.5 Å². The number of hydrogen-bond acceptors (Lipinski definition) is 4. The molecule has 0 bridgehead atoms. The van der Waals surface area contributed by atoms with Crippen LogP contribution in [0.5, 0.6) is 0 Å². The number of likely N-dealkylation sites (N-methyl/N-ethyl adjacent to an activating group) is 1. The number of hydrogen-bond donors (Lipinski definition) is 1. The van der Waals surface area contributed by atoms with Gasteiger partial charge in [0.25, 0.3) is 0 Å². The number of aromatic nitrogens is 2. The van der Waals surface area contributed by atoms with Crippen molar-refractivity contribution in [2.24, 2.45) is 7.05 Å². The summed E-state index contributed by atoms with van der Waals surface area (Å²) in [6, 6.07) is 5.04. The number of thiophene rings is 1. The third kappa shape index (κ3) is 3.65. The van der Waals surface area contributed by atoms with E-state index in [0.717, 1.165) is 6.54 Å². The highest BCUT2D eigenvalue weighted by Gasteiger charge is 2.16. The molecule has 2 unspecified atom stereocenters. The summed E-state index contributed by atoms with van der Waals surface area (Å²) in [6.45, 7) is 3.11. The lowest BCUT2D eigenvalue weighted by Gasteiger charge is -2.25. The molecule has 2 heterocycles. The van der Waals surface area contributed by atoms with Gasteiger partial charge in [-0.2, -0.15) is 5.10 Å². The normalized spacial score (nSPS) is 14.8. The Balaban J connectivity index is 1.96. The third-order valence-electron chi connectivity index (χ3n) is 3.34. The topological polar surface area (TPSA) is 33.1 Å². The highest BCUT2D eigenvalue weighted by Crippen LogP contribution is 2.23. The molecule has 0 spiro atoms. The summed E-state index contributed by atoms with van der Waals surface area (Å²) in [7, 11) is 6.20. The summed E-state index contributed by atoms with van der Waals surface area (Å²) in [5.41, 5.74) is 1.23. The van der Waals surface area contributed by atoms with Gasteiger partial charge in [-0.1, -0.05) is 6.07 Å². The number of nitrogens with zero attached hydrogens (tertiary/aromatic N) is 3. The highest BCUT2D eigenvalue weighted by molar-refractivity contribution is 7.10. The fourth-order valence-corrected chi connectivity index (χ4v) is 3.01. The first-order valence-electron chi connectivity index (χ1n) is 6.49. The lowest BCUT2D eigenvalue weighted by molar-refractivity contribution is 0.285. The molecule has 2 aromatic heterocycles. The van der Waals surface area contributed by atoms with Gasteiger partial charge in [0.2, 0.25) is 0 Å². The van der Waals surface area contributed by atoms with E-state index >= 15 is 0 Å². The molecule has 104 valence electrons. The van der Waals surface area contributed by atoms with Crippen LogP contribution in [0, 0.1) is 0 Å². The van der Waals surface area contributed by atoms with Gasteiger partial charge in [-0.25, -0.2) is 0 Å². The van der Waals surface area contributed by atoms with Crippen molar-refractivity contribution in [1.82, 2.24) is 20.0 Å². The Kier molecular flexibility index (Phi) is 4.74. The molecule has 2 rings (SSSR count). The van der Waals surface area contributed by atoms with Gasteiger partial charge in [0.1, 0.15) is 0 Å². The fraction of sp³-hybridized carbons (Fsp3) is 0.500. The summed E-state index contributed by atoms with van der Waals surface area (Å²) >= 11 is 1.81. The summed E-state index contributed by atoms with van der Waals surface area (Å²) < 4.78 is 1.84. The van der Waals surface area contributed by atoms with Crippen molar-refractivity contribution < 1.29 is 0 Å². The molecule has 0 amide bonds. The Hall–Kier alpha value is -1.17. The molecular weight excluding hydrogens is 256 g/mol. The average Bonchev–Trinajstić information content (AvgIpc) is 3.00. The second kappa shape index (κ2) is 6.32. The minimum atomic E-state index is 0.316. The van der Waals surface area contributed by atoms with E-state index < -0.39 is 0 Å². The van der Waals surface area contributed by atoms with Crippen LogP contribution in [0.1, 0.15) is 29.4 Å². The Labute approximate surface area is 119 Å². The van der Waals surface area contributed by atoms with Crippen molar-refractivity contribution in [2.75, 3.05) is 20.6 Å². The minimum Gasteiger partial charge on any atom is -0.308 e. The van der Waals surface area contributed by atoms with Gasteiger partial charge in [0.05, 0.1) is 12.2 Å². The molecule has 4 nitrogen and oxygen atoms in total. The van der Waals surface area contributed by atoms with E-state index in [1.807, 2.05) is 29.3 Å². The maximum absolute atomic E-state index is 4.22. The van der Waals surface area contributed by atoms with E-state index in [2.05, 4.69) is 60.0 Å². The van der Waals surface area contributed by atoms with Crippen LogP contribution in [0.4, 0.5) is 0 Å². The first-order valence-corrected chi connectivity index (χ1v) is 7.37. The number of nitrogens with one attached hydrogen (secondary N) is 1.